The average molecular weight is 260 g/mol. The summed E-state index contributed by atoms with van der Waals surface area (Å²) in [7, 11) is 3.92. The van der Waals surface area contributed by atoms with Gasteiger partial charge >= 0.3 is 0 Å². The molecular weight excluding hydrogens is 240 g/mol. The van der Waals surface area contributed by atoms with Gasteiger partial charge in [-0.15, -0.1) is 0 Å². The second kappa shape index (κ2) is 5.17. The van der Waals surface area contributed by atoms with Crippen LogP contribution in [0.1, 0.15) is 25.7 Å². The molecule has 1 N–H and O–H groups in total. The summed E-state index contributed by atoms with van der Waals surface area (Å²) in [5.74, 6) is 0.986. The van der Waals surface area contributed by atoms with Gasteiger partial charge in [-0.2, -0.15) is 0 Å². The zero-order valence-corrected chi connectivity index (χ0v) is 11.5. The predicted octanol–water partition coefficient (Wildman–Crippen LogP) is 2.35. The number of nitrogens with one attached hydrogen (secondary N) is 1. The van der Waals surface area contributed by atoms with E-state index in [0.29, 0.717) is 12.1 Å². The Labute approximate surface area is 113 Å². The van der Waals surface area contributed by atoms with Gasteiger partial charge in [-0.05, 0) is 18.9 Å². The van der Waals surface area contributed by atoms with E-state index in [1.165, 1.54) is 12.8 Å². The molecule has 2 aromatic heterocycles. The molecule has 0 amide bonds. The molecule has 1 fully saturated rings. The Kier molecular flexibility index (Phi) is 3.38. The van der Waals surface area contributed by atoms with Crippen molar-refractivity contribution in [2.45, 2.75) is 37.8 Å². The zero-order chi connectivity index (χ0) is 13.2. The van der Waals surface area contributed by atoms with E-state index < -0.39 is 0 Å². The fraction of sp³-hybridized carbons (Fsp3) is 0.571. The predicted molar refractivity (Wildman–Crippen MR) is 75.3 cm³/mol. The first kappa shape index (κ1) is 12.4. The molecule has 1 aliphatic carbocycles. The van der Waals surface area contributed by atoms with Crippen LogP contribution in [0.4, 0.5) is 5.82 Å². The SMILES string of the molecule is COC1CCCCC1N(C)c1ncnc2[nH]ccc12. The first-order chi connectivity index (χ1) is 9.31. The molecule has 2 atom stereocenters. The van der Waals surface area contributed by atoms with Crippen molar-refractivity contribution in [2.24, 2.45) is 0 Å². The summed E-state index contributed by atoms with van der Waals surface area (Å²) >= 11 is 0. The number of anilines is 1. The van der Waals surface area contributed by atoms with Gasteiger partial charge in [0.15, 0.2) is 0 Å². The number of H-pyrrole nitrogens is 1. The third-order valence-electron chi connectivity index (χ3n) is 4.13. The van der Waals surface area contributed by atoms with Gasteiger partial charge in [0.2, 0.25) is 0 Å². The van der Waals surface area contributed by atoms with Crippen LogP contribution in [-0.4, -0.2) is 41.3 Å². The largest absolute Gasteiger partial charge is 0.379 e. The zero-order valence-electron chi connectivity index (χ0n) is 11.5. The highest BCUT2D eigenvalue weighted by molar-refractivity contribution is 5.87. The van der Waals surface area contributed by atoms with Crippen molar-refractivity contribution in [3.63, 3.8) is 0 Å². The quantitative estimate of drug-likeness (QED) is 0.920. The van der Waals surface area contributed by atoms with Crippen LogP contribution in [0.5, 0.6) is 0 Å². The minimum absolute atomic E-state index is 0.294. The Hall–Kier alpha value is -1.62. The molecule has 0 aliphatic heterocycles. The molecule has 5 heteroatoms. The molecule has 0 bridgehead atoms. The maximum atomic E-state index is 5.65. The van der Waals surface area contributed by atoms with Crippen molar-refractivity contribution < 1.29 is 4.74 Å². The van der Waals surface area contributed by atoms with Crippen LogP contribution in [0.25, 0.3) is 11.0 Å². The molecular formula is C14H20N4O. The highest BCUT2D eigenvalue weighted by Gasteiger charge is 2.29. The van der Waals surface area contributed by atoms with Crippen LogP contribution in [0.15, 0.2) is 18.6 Å². The third-order valence-corrected chi connectivity index (χ3v) is 4.13. The maximum absolute atomic E-state index is 5.65. The summed E-state index contributed by atoms with van der Waals surface area (Å²) in [6.07, 6.45) is 8.63. The van der Waals surface area contributed by atoms with E-state index in [1.807, 2.05) is 19.4 Å². The van der Waals surface area contributed by atoms with Crippen molar-refractivity contribution >= 4 is 16.9 Å². The van der Waals surface area contributed by atoms with E-state index in [9.17, 15) is 0 Å². The number of likely N-dealkylation sites (N-methyl/N-ethyl adjacent to an activating group) is 1. The smallest absolute Gasteiger partial charge is 0.142 e. The second-order valence-electron chi connectivity index (χ2n) is 5.17. The summed E-state index contributed by atoms with van der Waals surface area (Å²) < 4.78 is 5.65. The number of fused-ring (bicyclic) bond motifs is 1. The lowest BCUT2D eigenvalue weighted by molar-refractivity contribution is 0.0528. The number of aromatic nitrogens is 3. The van der Waals surface area contributed by atoms with Crippen molar-refractivity contribution in [3.05, 3.63) is 18.6 Å². The fourth-order valence-electron chi connectivity index (χ4n) is 3.09. The molecule has 0 spiro atoms. The molecule has 1 aliphatic rings. The monoisotopic (exact) mass is 260 g/mol. The van der Waals surface area contributed by atoms with Gasteiger partial charge in [0, 0.05) is 20.4 Å². The molecule has 2 heterocycles. The molecule has 19 heavy (non-hydrogen) atoms. The van der Waals surface area contributed by atoms with Crippen LogP contribution in [0, 0.1) is 0 Å². The van der Waals surface area contributed by atoms with Crippen LogP contribution >= 0.6 is 0 Å². The highest BCUT2D eigenvalue weighted by Crippen LogP contribution is 2.30. The lowest BCUT2D eigenvalue weighted by Gasteiger charge is -2.37. The number of nitrogens with zero attached hydrogens (tertiary/aromatic N) is 3. The Morgan fingerprint density at radius 2 is 2.16 bits per heavy atom. The molecule has 2 aromatic rings. The Bertz CT molecular complexity index is 553. The topological polar surface area (TPSA) is 54.0 Å². The van der Waals surface area contributed by atoms with Gasteiger partial charge in [0.05, 0.1) is 17.5 Å². The van der Waals surface area contributed by atoms with Crippen LogP contribution in [0.2, 0.25) is 0 Å². The Morgan fingerprint density at radius 1 is 1.32 bits per heavy atom. The third kappa shape index (κ3) is 2.18. The molecule has 1 saturated carbocycles. The van der Waals surface area contributed by atoms with E-state index in [2.05, 4.69) is 26.9 Å². The summed E-state index contributed by atoms with van der Waals surface area (Å²) in [6.45, 7) is 0. The molecule has 5 nitrogen and oxygen atoms in total. The number of hydrogen-bond acceptors (Lipinski definition) is 4. The van der Waals surface area contributed by atoms with E-state index in [1.54, 1.807) is 6.33 Å². The summed E-state index contributed by atoms with van der Waals surface area (Å²) in [4.78, 5) is 14.1. The maximum Gasteiger partial charge on any atom is 0.142 e. The minimum atomic E-state index is 0.294. The fourth-order valence-corrected chi connectivity index (χ4v) is 3.09. The van der Waals surface area contributed by atoms with Crippen molar-refractivity contribution in [1.82, 2.24) is 15.0 Å². The lowest BCUT2D eigenvalue weighted by Crippen LogP contribution is -2.44. The average Bonchev–Trinajstić information content (AvgIpc) is 2.94. The van der Waals surface area contributed by atoms with E-state index in [-0.39, 0.29) is 0 Å². The molecule has 0 radical (unpaired) electrons. The number of ether oxygens (including phenoxy) is 1. The molecule has 3 rings (SSSR count). The van der Waals surface area contributed by atoms with Gasteiger partial charge in [-0.3, -0.25) is 0 Å². The number of aromatic amines is 1. The lowest BCUT2D eigenvalue weighted by atomic mass is 9.91. The standard InChI is InChI=1S/C14H20N4O/c1-18(11-5-3-4-6-12(11)19-2)14-10-7-8-15-13(10)16-9-17-14/h7-9,11-12H,3-6H2,1-2H3,(H,15,16,17). The van der Waals surface area contributed by atoms with Crippen molar-refractivity contribution in [2.75, 3.05) is 19.1 Å². The van der Waals surface area contributed by atoms with Gasteiger partial charge in [-0.1, -0.05) is 12.8 Å². The Balaban J connectivity index is 1.94. The van der Waals surface area contributed by atoms with Gasteiger partial charge < -0.3 is 14.6 Å². The van der Waals surface area contributed by atoms with Gasteiger partial charge in [0.25, 0.3) is 0 Å². The van der Waals surface area contributed by atoms with E-state index >= 15 is 0 Å². The molecule has 0 aromatic carbocycles. The van der Waals surface area contributed by atoms with E-state index in [0.717, 1.165) is 29.7 Å². The van der Waals surface area contributed by atoms with Crippen LogP contribution < -0.4 is 4.90 Å². The second-order valence-corrected chi connectivity index (χ2v) is 5.17. The normalized spacial score (nSPS) is 23.7. The van der Waals surface area contributed by atoms with Crippen molar-refractivity contribution in [1.29, 1.82) is 0 Å². The summed E-state index contributed by atoms with van der Waals surface area (Å²) in [5, 5.41) is 1.07. The van der Waals surface area contributed by atoms with Crippen molar-refractivity contribution in [3.8, 4) is 0 Å². The first-order valence-electron chi connectivity index (χ1n) is 6.85. The molecule has 0 saturated heterocycles. The minimum Gasteiger partial charge on any atom is -0.379 e. The molecule has 102 valence electrons. The first-order valence-corrected chi connectivity index (χ1v) is 6.85. The van der Waals surface area contributed by atoms with Crippen LogP contribution in [-0.2, 0) is 4.74 Å². The Morgan fingerprint density at radius 3 is 3.00 bits per heavy atom. The summed E-state index contributed by atoms with van der Waals surface area (Å²) in [6, 6.07) is 2.43. The van der Waals surface area contributed by atoms with Crippen LogP contribution in [0.3, 0.4) is 0 Å². The number of hydrogen-bond donors (Lipinski definition) is 1. The highest BCUT2D eigenvalue weighted by atomic mass is 16.5. The summed E-state index contributed by atoms with van der Waals surface area (Å²) in [5.41, 5.74) is 0.890. The van der Waals surface area contributed by atoms with Gasteiger partial charge in [0.1, 0.15) is 17.8 Å². The molecule has 2 unspecified atom stereocenters. The van der Waals surface area contributed by atoms with Gasteiger partial charge in [-0.25, -0.2) is 9.97 Å². The number of methoxy groups -OCH3 is 1. The number of rotatable bonds is 3. The van der Waals surface area contributed by atoms with E-state index in [4.69, 9.17) is 4.74 Å².